The molecule has 1 heterocycles. The van der Waals surface area contributed by atoms with Crippen molar-refractivity contribution in [1.29, 1.82) is 0 Å². The summed E-state index contributed by atoms with van der Waals surface area (Å²) in [7, 11) is 0. The molecule has 1 atom stereocenters. The maximum absolute atomic E-state index is 13.0. The number of aliphatic hydroxyl groups is 1. The topological polar surface area (TPSA) is 101 Å². The van der Waals surface area contributed by atoms with Gasteiger partial charge < -0.3 is 5.11 Å². The van der Waals surface area contributed by atoms with Crippen LogP contribution in [0, 0.1) is 10.1 Å². The third-order valence-corrected chi connectivity index (χ3v) is 5.23. The Labute approximate surface area is 182 Å². The summed E-state index contributed by atoms with van der Waals surface area (Å²) in [6.45, 7) is 0. The molecule has 1 fully saturated rings. The molecule has 1 saturated heterocycles. The van der Waals surface area contributed by atoms with E-state index in [1.165, 1.54) is 35.2 Å². The van der Waals surface area contributed by atoms with E-state index in [9.17, 15) is 24.8 Å². The van der Waals surface area contributed by atoms with Crippen molar-refractivity contribution in [3.8, 4) is 0 Å². The number of halogens is 1. The number of ketones is 1. The number of nitrogens with zero attached hydrogens (tertiary/aromatic N) is 2. The highest BCUT2D eigenvalue weighted by Crippen LogP contribution is 2.42. The number of carbonyl (C=O) groups is 2. The fourth-order valence-electron chi connectivity index (χ4n) is 3.57. The van der Waals surface area contributed by atoms with Gasteiger partial charge >= 0.3 is 0 Å². The average Bonchev–Trinajstić information content (AvgIpc) is 3.04. The fourth-order valence-corrected chi connectivity index (χ4v) is 3.75. The largest absolute Gasteiger partial charge is 0.507 e. The molecule has 0 aromatic heterocycles. The highest BCUT2D eigenvalue weighted by atomic mass is 35.5. The fraction of sp³-hybridized carbons (Fsp3) is 0.0435. The molecule has 4 rings (SSSR count). The molecule has 0 radical (unpaired) electrons. The number of anilines is 1. The first-order valence-corrected chi connectivity index (χ1v) is 9.62. The van der Waals surface area contributed by atoms with Gasteiger partial charge in [0.2, 0.25) is 0 Å². The minimum absolute atomic E-state index is 0.106. The van der Waals surface area contributed by atoms with Crippen molar-refractivity contribution in [2.45, 2.75) is 6.04 Å². The van der Waals surface area contributed by atoms with Crippen LogP contribution in [0.15, 0.2) is 84.4 Å². The van der Waals surface area contributed by atoms with Crippen molar-refractivity contribution < 1.29 is 19.6 Å². The van der Waals surface area contributed by atoms with Crippen LogP contribution < -0.4 is 4.90 Å². The lowest BCUT2D eigenvalue weighted by molar-refractivity contribution is -0.384. The minimum Gasteiger partial charge on any atom is -0.507 e. The van der Waals surface area contributed by atoms with Crippen molar-refractivity contribution in [3.05, 3.63) is 111 Å². The van der Waals surface area contributed by atoms with Crippen molar-refractivity contribution in [2.75, 3.05) is 4.90 Å². The summed E-state index contributed by atoms with van der Waals surface area (Å²) < 4.78 is 0. The highest BCUT2D eigenvalue weighted by Gasteiger charge is 2.47. The highest BCUT2D eigenvalue weighted by molar-refractivity contribution is 6.51. The second-order valence-electron chi connectivity index (χ2n) is 6.86. The van der Waals surface area contributed by atoms with Gasteiger partial charge in [-0.1, -0.05) is 48.0 Å². The van der Waals surface area contributed by atoms with Crippen LogP contribution in [-0.2, 0) is 9.59 Å². The SMILES string of the molecule is O=C1C(=O)N(c2cccc(Cl)c2)C(c2ccc([N+](=O)[O-])cc2)C1=C(O)c1ccccc1. The Morgan fingerprint density at radius 3 is 2.26 bits per heavy atom. The number of carbonyl (C=O) groups excluding carboxylic acids is 2. The molecule has 1 amide bonds. The molecular formula is C23H15ClN2O5. The predicted molar refractivity (Wildman–Crippen MR) is 116 cm³/mol. The molecule has 3 aromatic rings. The van der Waals surface area contributed by atoms with Crippen LogP contribution in [-0.4, -0.2) is 21.7 Å². The molecular weight excluding hydrogens is 420 g/mol. The zero-order valence-corrected chi connectivity index (χ0v) is 16.7. The third kappa shape index (κ3) is 3.67. The standard InChI is InChI=1S/C23H15ClN2O5/c24-16-7-4-8-18(13-16)25-20(14-9-11-17(12-10-14)26(30)31)19(22(28)23(25)29)21(27)15-5-2-1-3-6-15/h1-13,20,27H. The van der Waals surface area contributed by atoms with Gasteiger partial charge in [-0.15, -0.1) is 0 Å². The number of nitro benzene ring substituents is 1. The van der Waals surface area contributed by atoms with Crippen LogP contribution in [0.25, 0.3) is 5.76 Å². The van der Waals surface area contributed by atoms with Crippen LogP contribution >= 0.6 is 11.6 Å². The summed E-state index contributed by atoms with van der Waals surface area (Å²) in [6.07, 6.45) is 0. The van der Waals surface area contributed by atoms with Gasteiger partial charge in [-0.25, -0.2) is 0 Å². The number of nitro groups is 1. The molecule has 154 valence electrons. The molecule has 3 aromatic carbocycles. The molecule has 0 saturated carbocycles. The molecule has 1 aliphatic rings. The maximum Gasteiger partial charge on any atom is 0.300 e. The van der Waals surface area contributed by atoms with E-state index in [0.29, 0.717) is 21.8 Å². The Hall–Kier alpha value is -3.97. The van der Waals surface area contributed by atoms with E-state index in [-0.39, 0.29) is 17.0 Å². The first kappa shape index (κ1) is 20.3. The van der Waals surface area contributed by atoms with Gasteiger partial charge in [0.25, 0.3) is 17.4 Å². The number of non-ortho nitro benzene ring substituents is 1. The molecule has 0 aliphatic carbocycles. The van der Waals surface area contributed by atoms with Crippen LogP contribution in [0.5, 0.6) is 0 Å². The van der Waals surface area contributed by atoms with Crippen molar-refractivity contribution in [1.82, 2.24) is 0 Å². The van der Waals surface area contributed by atoms with E-state index in [4.69, 9.17) is 11.6 Å². The molecule has 8 heteroatoms. The first-order valence-electron chi connectivity index (χ1n) is 9.25. The number of aliphatic hydroxyl groups excluding tert-OH is 1. The summed E-state index contributed by atoms with van der Waals surface area (Å²) in [5.41, 5.74) is 0.933. The Bertz CT molecular complexity index is 1220. The molecule has 0 bridgehead atoms. The molecule has 31 heavy (non-hydrogen) atoms. The minimum atomic E-state index is -0.987. The van der Waals surface area contributed by atoms with Crippen LogP contribution in [0.2, 0.25) is 5.02 Å². The van der Waals surface area contributed by atoms with E-state index < -0.39 is 22.7 Å². The second kappa shape index (κ2) is 8.04. The van der Waals surface area contributed by atoms with Gasteiger partial charge in [0.1, 0.15) is 5.76 Å². The predicted octanol–water partition coefficient (Wildman–Crippen LogP) is 4.87. The van der Waals surface area contributed by atoms with Gasteiger partial charge in [-0.05, 0) is 35.9 Å². The second-order valence-corrected chi connectivity index (χ2v) is 7.30. The van der Waals surface area contributed by atoms with Gasteiger partial charge in [-0.3, -0.25) is 24.6 Å². The molecule has 0 spiro atoms. The van der Waals surface area contributed by atoms with Crippen LogP contribution in [0.1, 0.15) is 17.2 Å². The lowest BCUT2D eigenvalue weighted by Crippen LogP contribution is -2.29. The molecule has 1 N–H and O–H groups in total. The number of hydrogen-bond donors (Lipinski definition) is 1. The summed E-state index contributed by atoms with van der Waals surface area (Å²) in [4.78, 5) is 37.7. The van der Waals surface area contributed by atoms with Gasteiger partial charge in [0.15, 0.2) is 0 Å². The third-order valence-electron chi connectivity index (χ3n) is 5.00. The maximum atomic E-state index is 13.0. The van der Waals surface area contributed by atoms with Gasteiger partial charge in [0.05, 0.1) is 16.5 Å². The molecule has 1 unspecified atom stereocenters. The number of benzene rings is 3. The van der Waals surface area contributed by atoms with Crippen molar-refractivity contribution in [2.24, 2.45) is 0 Å². The Kier molecular flexibility index (Phi) is 5.27. The Morgan fingerprint density at radius 2 is 1.65 bits per heavy atom. The van der Waals surface area contributed by atoms with Crippen molar-refractivity contribution >= 4 is 40.4 Å². The number of amides is 1. The molecule has 1 aliphatic heterocycles. The Morgan fingerprint density at radius 1 is 0.968 bits per heavy atom. The van der Waals surface area contributed by atoms with E-state index in [1.54, 1.807) is 48.5 Å². The van der Waals surface area contributed by atoms with Crippen LogP contribution in [0.3, 0.4) is 0 Å². The first-order chi connectivity index (χ1) is 14.9. The van der Waals surface area contributed by atoms with E-state index >= 15 is 0 Å². The number of Topliss-reactive ketones (excluding diaryl/α,β-unsaturated/α-hetero) is 1. The lowest BCUT2D eigenvalue weighted by Gasteiger charge is -2.25. The monoisotopic (exact) mass is 434 g/mol. The van der Waals surface area contributed by atoms with Crippen LogP contribution in [0.4, 0.5) is 11.4 Å². The number of hydrogen-bond acceptors (Lipinski definition) is 5. The zero-order chi connectivity index (χ0) is 22.1. The summed E-state index contributed by atoms with van der Waals surface area (Å²) in [5, 5.41) is 22.4. The van der Waals surface area contributed by atoms with Gasteiger partial charge in [0, 0.05) is 28.4 Å². The lowest BCUT2D eigenvalue weighted by atomic mass is 9.95. The quantitative estimate of drug-likeness (QED) is 0.207. The summed E-state index contributed by atoms with van der Waals surface area (Å²) in [6, 6.07) is 19.3. The van der Waals surface area contributed by atoms with E-state index in [1.807, 2.05) is 0 Å². The molecule has 7 nitrogen and oxygen atoms in total. The summed E-state index contributed by atoms with van der Waals surface area (Å²) in [5.74, 6) is -2.01. The van der Waals surface area contributed by atoms with E-state index in [2.05, 4.69) is 0 Å². The summed E-state index contributed by atoms with van der Waals surface area (Å²) >= 11 is 6.09. The average molecular weight is 435 g/mol. The van der Waals surface area contributed by atoms with Gasteiger partial charge in [-0.2, -0.15) is 0 Å². The Balaban J connectivity index is 1.94. The zero-order valence-electron chi connectivity index (χ0n) is 15.9. The smallest absolute Gasteiger partial charge is 0.300 e. The number of rotatable bonds is 4. The normalized spacial score (nSPS) is 17.7. The van der Waals surface area contributed by atoms with E-state index in [0.717, 1.165) is 0 Å². The van der Waals surface area contributed by atoms with Crippen molar-refractivity contribution in [3.63, 3.8) is 0 Å².